The summed E-state index contributed by atoms with van der Waals surface area (Å²) >= 11 is 11.8. The molecular formula is C19H23ClN3S+. The summed E-state index contributed by atoms with van der Waals surface area (Å²) in [7, 11) is 0. The monoisotopic (exact) mass is 360 g/mol. The van der Waals surface area contributed by atoms with Crippen LogP contribution < -0.4 is 10.2 Å². The SMILES string of the molecule is Cc1c(Cl)cccc1NC(=S)N1CC[NH+](Cc2ccccc2)CC1. The quantitative estimate of drug-likeness (QED) is 0.821. The molecule has 3 nitrogen and oxygen atoms in total. The number of anilines is 1. The lowest BCUT2D eigenvalue weighted by atomic mass is 10.2. The summed E-state index contributed by atoms with van der Waals surface area (Å²) in [5.74, 6) is 0. The van der Waals surface area contributed by atoms with Gasteiger partial charge in [0.05, 0.1) is 26.2 Å². The Morgan fingerprint density at radius 1 is 1.12 bits per heavy atom. The van der Waals surface area contributed by atoms with Gasteiger partial charge < -0.3 is 15.1 Å². The minimum Gasteiger partial charge on any atom is -0.338 e. The highest BCUT2D eigenvalue weighted by molar-refractivity contribution is 7.80. The third kappa shape index (κ3) is 4.26. The van der Waals surface area contributed by atoms with Crippen molar-refractivity contribution in [2.24, 2.45) is 0 Å². The van der Waals surface area contributed by atoms with Crippen LogP contribution in [0, 0.1) is 6.92 Å². The van der Waals surface area contributed by atoms with Crippen molar-refractivity contribution in [2.45, 2.75) is 13.5 Å². The summed E-state index contributed by atoms with van der Waals surface area (Å²) in [5, 5.41) is 4.90. The molecule has 0 saturated carbocycles. The molecule has 1 saturated heterocycles. The maximum absolute atomic E-state index is 6.18. The molecular weight excluding hydrogens is 338 g/mol. The highest BCUT2D eigenvalue weighted by Gasteiger charge is 2.22. The third-order valence-corrected chi connectivity index (χ3v) is 5.33. The molecule has 1 aliphatic rings. The average molecular weight is 361 g/mol. The van der Waals surface area contributed by atoms with E-state index in [0.29, 0.717) is 0 Å². The number of nitrogens with zero attached hydrogens (tertiary/aromatic N) is 1. The predicted octanol–water partition coefficient (Wildman–Crippen LogP) is 2.75. The molecule has 1 heterocycles. The van der Waals surface area contributed by atoms with Gasteiger partial charge in [0, 0.05) is 16.3 Å². The normalized spacial score (nSPS) is 15.3. The molecule has 2 aromatic carbocycles. The molecule has 5 heteroatoms. The van der Waals surface area contributed by atoms with Crippen molar-refractivity contribution in [3.05, 3.63) is 64.7 Å². The topological polar surface area (TPSA) is 19.7 Å². The number of halogens is 1. The van der Waals surface area contributed by atoms with Gasteiger partial charge in [-0.15, -0.1) is 0 Å². The Kier molecular flexibility index (Phi) is 5.72. The second-order valence-electron chi connectivity index (χ2n) is 6.24. The maximum Gasteiger partial charge on any atom is 0.173 e. The molecule has 1 aliphatic heterocycles. The standard InChI is InChI=1S/C19H22ClN3S/c1-15-17(20)8-5-9-18(15)21-19(24)23-12-10-22(11-13-23)14-16-6-3-2-4-7-16/h2-9H,10-14H2,1H3,(H,21,24)/p+1. The number of benzene rings is 2. The molecule has 2 aromatic rings. The molecule has 0 aromatic heterocycles. The number of nitrogens with one attached hydrogen (secondary N) is 2. The Bertz CT molecular complexity index is 697. The Balaban J connectivity index is 1.52. The van der Waals surface area contributed by atoms with Crippen molar-refractivity contribution in [1.29, 1.82) is 0 Å². The summed E-state index contributed by atoms with van der Waals surface area (Å²) in [6.45, 7) is 7.26. The lowest BCUT2D eigenvalue weighted by Gasteiger charge is -2.34. The van der Waals surface area contributed by atoms with Gasteiger partial charge in [0.25, 0.3) is 0 Å². The van der Waals surface area contributed by atoms with Crippen LogP contribution in [0.25, 0.3) is 0 Å². The van der Waals surface area contributed by atoms with Gasteiger partial charge in [0.15, 0.2) is 5.11 Å². The van der Waals surface area contributed by atoms with Gasteiger partial charge in [-0.1, -0.05) is 48.0 Å². The molecule has 0 radical (unpaired) electrons. The first-order valence-electron chi connectivity index (χ1n) is 8.32. The molecule has 2 N–H and O–H groups in total. The van der Waals surface area contributed by atoms with E-state index in [2.05, 4.69) is 40.5 Å². The molecule has 0 aliphatic carbocycles. The van der Waals surface area contributed by atoms with Gasteiger partial charge in [0.1, 0.15) is 6.54 Å². The van der Waals surface area contributed by atoms with Crippen LogP contribution in [0.15, 0.2) is 48.5 Å². The number of quaternary nitrogens is 1. The minimum absolute atomic E-state index is 0.764. The van der Waals surface area contributed by atoms with E-state index >= 15 is 0 Å². The van der Waals surface area contributed by atoms with E-state index in [9.17, 15) is 0 Å². The van der Waals surface area contributed by atoms with Crippen LogP contribution in [0.5, 0.6) is 0 Å². The van der Waals surface area contributed by atoms with Gasteiger partial charge in [0.2, 0.25) is 0 Å². The number of hydrogen-bond acceptors (Lipinski definition) is 1. The lowest BCUT2D eigenvalue weighted by molar-refractivity contribution is -0.917. The van der Waals surface area contributed by atoms with Gasteiger partial charge >= 0.3 is 0 Å². The fourth-order valence-electron chi connectivity index (χ4n) is 3.02. The predicted molar refractivity (Wildman–Crippen MR) is 105 cm³/mol. The Morgan fingerprint density at radius 2 is 1.83 bits per heavy atom. The van der Waals surface area contributed by atoms with Crippen molar-refractivity contribution in [3.63, 3.8) is 0 Å². The highest BCUT2D eigenvalue weighted by atomic mass is 35.5. The van der Waals surface area contributed by atoms with Crippen LogP contribution in [0.4, 0.5) is 5.69 Å². The molecule has 126 valence electrons. The molecule has 1 fully saturated rings. The Labute approximate surface area is 154 Å². The zero-order valence-electron chi connectivity index (χ0n) is 13.9. The molecule has 0 spiro atoms. The van der Waals surface area contributed by atoms with Gasteiger partial charge in [-0.25, -0.2) is 0 Å². The van der Waals surface area contributed by atoms with Crippen LogP contribution in [0.1, 0.15) is 11.1 Å². The molecule has 0 bridgehead atoms. The van der Waals surface area contributed by atoms with Gasteiger partial charge in [-0.2, -0.15) is 0 Å². The largest absolute Gasteiger partial charge is 0.338 e. The molecule has 0 unspecified atom stereocenters. The minimum atomic E-state index is 0.764. The van der Waals surface area contributed by atoms with Crippen LogP contribution in [0.2, 0.25) is 5.02 Å². The molecule has 24 heavy (non-hydrogen) atoms. The number of hydrogen-bond donors (Lipinski definition) is 2. The lowest BCUT2D eigenvalue weighted by Crippen LogP contribution is -3.13. The smallest absolute Gasteiger partial charge is 0.173 e. The molecule has 0 atom stereocenters. The molecule has 3 rings (SSSR count). The van der Waals surface area contributed by atoms with Crippen molar-refractivity contribution in [3.8, 4) is 0 Å². The first kappa shape index (κ1) is 17.2. The highest BCUT2D eigenvalue weighted by Crippen LogP contribution is 2.23. The summed E-state index contributed by atoms with van der Waals surface area (Å²) in [6, 6.07) is 16.6. The number of piperazine rings is 1. The zero-order valence-corrected chi connectivity index (χ0v) is 15.5. The van der Waals surface area contributed by atoms with E-state index < -0.39 is 0 Å². The van der Waals surface area contributed by atoms with Crippen LogP contribution in [0.3, 0.4) is 0 Å². The van der Waals surface area contributed by atoms with E-state index in [1.54, 1.807) is 4.90 Å². The van der Waals surface area contributed by atoms with E-state index in [0.717, 1.165) is 54.1 Å². The van der Waals surface area contributed by atoms with Gasteiger partial charge in [-0.05, 0) is 36.8 Å². The number of thiocarbonyl (C=S) groups is 1. The van der Waals surface area contributed by atoms with Crippen LogP contribution >= 0.6 is 23.8 Å². The third-order valence-electron chi connectivity index (χ3n) is 4.56. The van der Waals surface area contributed by atoms with Crippen molar-refractivity contribution in [1.82, 2.24) is 4.90 Å². The first-order valence-corrected chi connectivity index (χ1v) is 9.10. The van der Waals surface area contributed by atoms with Gasteiger partial charge in [-0.3, -0.25) is 0 Å². The van der Waals surface area contributed by atoms with Crippen LogP contribution in [-0.4, -0.2) is 36.2 Å². The second-order valence-corrected chi connectivity index (χ2v) is 7.04. The average Bonchev–Trinajstić information content (AvgIpc) is 2.60. The first-order chi connectivity index (χ1) is 11.6. The van der Waals surface area contributed by atoms with E-state index in [1.807, 2.05) is 25.1 Å². The summed E-state index contributed by atoms with van der Waals surface area (Å²) < 4.78 is 0. The van der Waals surface area contributed by atoms with Crippen molar-refractivity contribution < 1.29 is 4.90 Å². The Hall–Kier alpha value is -1.62. The maximum atomic E-state index is 6.18. The Morgan fingerprint density at radius 3 is 2.54 bits per heavy atom. The van der Waals surface area contributed by atoms with Crippen molar-refractivity contribution >= 4 is 34.6 Å². The van der Waals surface area contributed by atoms with Crippen LogP contribution in [-0.2, 0) is 6.54 Å². The zero-order chi connectivity index (χ0) is 16.9. The van der Waals surface area contributed by atoms with E-state index in [4.69, 9.17) is 23.8 Å². The second kappa shape index (κ2) is 7.97. The summed E-state index contributed by atoms with van der Waals surface area (Å²) in [5.41, 5.74) is 3.43. The fraction of sp³-hybridized carbons (Fsp3) is 0.316. The number of rotatable bonds is 3. The van der Waals surface area contributed by atoms with Crippen molar-refractivity contribution in [2.75, 3.05) is 31.5 Å². The van der Waals surface area contributed by atoms with E-state index in [1.165, 1.54) is 5.56 Å². The summed E-state index contributed by atoms with van der Waals surface area (Å²) in [6.07, 6.45) is 0. The van der Waals surface area contributed by atoms with E-state index in [-0.39, 0.29) is 0 Å². The summed E-state index contributed by atoms with van der Waals surface area (Å²) in [4.78, 5) is 3.86. The molecule has 0 amide bonds. The fourth-order valence-corrected chi connectivity index (χ4v) is 3.49.